The lowest BCUT2D eigenvalue weighted by atomic mass is 10.2. The summed E-state index contributed by atoms with van der Waals surface area (Å²) < 4.78 is 0. The zero-order valence-electron chi connectivity index (χ0n) is 10.2. The molecule has 5 heteroatoms. The van der Waals surface area contributed by atoms with Crippen molar-refractivity contribution in [2.45, 2.75) is 13.1 Å². The minimum absolute atomic E-state index is 0.411. The Morgan fingerprint density at radius 3 is 2.39 bits per heavy atom. The number of halogens is 1. The average molecular weight is 263 g/mol. The molecule has 0 atom stereocenters. The summed E-state index contributed by atoms with van der Waals surface area (Å²) in [4.78, 5) is 2.02. The number of anilines is 1. The normalized spacial score (nSPS) is 10.4. The van der Waals surface area contributed by atoms with Gasteiger partial charge in [-0.25, -0.2) is 0 Å². The van der Waals surface area contributed by atoms with Crippen molar-refractivity contribution in [1.29, 1.82) is 0 Å². The second-order valence-electron chi connectivity index (χ2n) is 4.07. The molecule has 1 aromatic carbocycles. The first kappa shape index (κ1) is 12.8. The Labute approximate surface area is 111 Å². The summed E-state index contributed by atoms with van der Waals surface area (Å²) in [5, 5.41) is 8.91. The SMILES string of the molecule is CN(Cc1ccc(Cl)cc1)c1ccc(CN)nn1. The van der Waals surface area contributed by atoms with Crippen LogP contribution in [0.15, 0.2) is 36.4 Å². The highest BCUT2D eigenvalue weighted by Gasteiger charge is 2.04. The number of nitrogens with two attached hydrogens (primary N) is 1. The summed E-state index contributed by atoms with van der Waals surface area (Å²) in [6, 6.07) is 11.6. The predicted octanol–water partition coefficient (Wildman–Crippen LogP) is 2.23. The molecule has 0 bridgehead atoms. The second-order valence-corrected chi connectivity index (χ2v) is 4.51. The van der Waals surface area contributed by atoms with Crippen molar-refractivity contribution < 1.29 is 0 Å². The first-order valence-electron chi connectivity index (χ1n) is 5.67. The predicted molar refractivity (Wildman–Crippen MR) is 73.5 cm³/mol. The van der Waals surface area contributed by atoms with Gasteiger partial charge in [0.2, 0.25) is 0 Å². The van der Waals surface area contributed by atoms with E-state index >= 15 is 0 Å². The number of hydrogen-bond donors (Lipinski definition) is 1. The van der Waals surface area contributed by atoms with Crippen LogP contribution in [0.2, 0.25) is 5.02 Å². The maximum Gasteiger partial charge on any atom is 0.151 e. The van der Waals surface area contributed by atoms with Crippen molar-refractivity contribution in [1.82, 2.24) is 10.2 Å². The number of hydrogen-bond acceptors (Lipinski definition) is 4. The van der Waals surface area contributed by atoms with E-state index in [0.717, 1.165) is 23.1 Å². The summed E-state index contributed by atoms with van der Waals surface area (Å²) in [6.45, 7) is 1.17. The molecular formula is C13H15ClN4. The van der Waals surface area contributed by atoms with Crippen LogP contribution in [0.4, 0.5) is 5.82 Å². The van der Waals surface area contributed by atoms with Crippen molar-refractivity contribution in [3.05, 3.63) is 52.7 Å². The smallest absolute Gasteiger partial charge is 0.151 e. The molecule has 2 N–H and O–H groups in total. The Hall–Kier alpha value is -1.65. The number of nitrogens with zero attached hydrogens (tertiary/aromatic N) is 3. The van der Waals surface area contributed by atoms with E-state index in [0.29, 0.717) is 6.54 Å². The summed E-state index contributed by atoms with van der Waals surface area (Å²) in [5.74, 6) is 0.821. The van der Waals surface area contributed by atoms with Gasteiger partial charge in [-0.15, -0.1) is 5.10 Å². The first-order chi connectivity index (χ1) is 8.69. The third kappa shape index (κ3) is 3.18. The summed E-state index contributed by atoms with van der Waals surface area (Å²) >= 11 is 5.85. The van der Waals surface area contributed by atoms with Crippen molar-refractivity contribution in [2.24, 2.45) is 5.73 Å². The van der Waals surface area contributed by atoms with Crippen LogP contribution >= 0.6 is 11.6 Å². The maximum atomic E-state index is 5.85. The topological polar surface area (TPSA) is 55.0 Å². The van der Waals surface area contributed by atoms with E-state index in [2.05, 4.69) is 10.2 Å². The Morgan fingerprint density at radius 1 is 1.11 bits per heavy atom. The van der Waals surface area contributed by atoms with Gasteiger partial charge in [-0.1, -0.05) is 23.7 Å². The molecule has 2 aromatic rings. The Morgan fingerprint density at radius 2 is 1.83 bits per heavy atom. The van der Waals surface area contributed by atoms with Crippen LogP contribution in [-0.2, 0) is 13.1 Å². The fraction of sp³-hybridized carbons (Fsp3) is 0.231. The molecule has 0 unspecified atom stereocenters. The lowest BCUT2D eigenvalue weighted by molar-refractivity contribution is 0.836. The highest BCUT2D eigenvalue weighted by Crippen LogP contribution is 2.14. The maximum absolute atomic E-state index is 5.85. The minimum Gasteiger partial charge on any atom is -0.354 e. The zero-order valence-corrected chi connectivity index (χ0v) is 10.9. The number of aromatic nitrogens is 2. The van der Waals surface area contributed by atoms with E-state index in [-0.39, 0.29) is 0 Å². The number of benzene rings is 1. The lowest BCUT2D eigenvalue weighted by Gasteiger charge is -2.17. The van der Waals surface area contributed by atoms with E-state index < -0.39 is 0 Å². The lowest BCUT2D eigenvalue weighted by Crippen LogP contribution is -2.18. The van der Waals surface area contributed by atoms with Crippen molar-refractivity contribution in [3.63, 3.8) is 0 Å². The summed E-state index contributed by atoms with van der Waals surface area (Å²) in [7, 11) is 1.97. The second kappa shape index (κ2) is 5.80. The highest BCUT2D eigenvalue weighted by atomic mass is 35.5. The molecule has 0 spiro atoms. The molecule has 1 aromatic heterocycles. The van der Waals surface area contributed by atoms with Crippen LogP contribution in [0.5, 0.6) is 0 Å². The van der Waals surface area contributed by atoms with E-state index in [1.807, 2.05) is 48.3 Å². The van der Waals surface area contributed by atoms with E-state index in [4.69, 9.17) is 17.3 Å². The largest absolute Gasteiger partial charge is 0.354 e. The van der Waals surface area contributed by atoms with Crippen LogP contribution in [0.25, 0.3) is 0 Å². The monoisotopic (exact) mass is 262 g/mol. The van der Waals surface area contributed by atoms with Crippen molar-refractivity contribution >= 4 is 17.4 Å². The molecule has 2 rings (SSSR count). The van der Waals surface area contributed by atoms with E-state index in [1.54, 1.807) is 0 Å². The van der Waals surface area contributed by atoms with Gasteiger partial charge >= 0.3 is 0 Å². The van der Waals surface area contributed by atoms with E-state index in [9.17, 15) is 0 Å². The van der Waals surface area contributed by atoms with Crippen LogP contribution < -0.4 is 10.6 Å². The molecule has 94 valence electrons. The van der Waals surface area contributed by atoms with Gasteiger partial charge in [0, 0.05) is 25.2 Å². The highest BCUT2D eigenvalue weighted by molar-refractivity contribution is 6.30. The Balaban J connectivity index is 2.06. The molecule has 0 amide bonds. The van der Waals surface area contributed by atoms with Gasteiger partial charge in [0.25, 0.3) is 0 Å². The van der Waals surface area contributed by atoms with Crippen LogP contribution in [-0.4, -0.2) is 17.2 Å². The molecule has 0 aliphatic rings. The fourth-order valence-corrected chi connectivity index (χ4v) is 1.74. The van der Waals surface area contributed by atoms with Crippen molar-refractivity contribution in [2.75, 3.05) is 11.9 Å². The molecule has 0 aliphatic carbocycles. The van der Waals surface area contributed by atoms with Crippen molar-refractivity contribution in [3.8, 4) is 0 Å². The molecular weight excluding hydrogens is 248 g/mol. The van der Waals surface area contributed by atoms with Gasteiger partial charge in [-0.3, -0.25) is 0 Å². The summed E-state index contributed by atoms with van der Waals surface area (Å²) in [6.07, 6.45) is 0. The molecule has 18 heavy (non-hydrogen) atoms. The molecule has 0 radical (unpaired) electrons. The van der Waals surface area contributed by atoms with Gasteiger partial charge in [0.1, 0.15) is 0 Å². The van der Waals surface area contributed by atoms with Crippen LogP contribution in [0.1, 0.15) is 11.3 Å². The Kier molecular flexibility index (Phi) is 4.12. The summed E-state index contributed by atoms with van der Waals surface area (Å²) in [5.41, 5.74) is 7.45. The zero-order chi connectivity index (χ0) is 13.0. The van der Waals surface area contributed by atoms with Gasteiger partial charge in [0.05, 0.1) is 5.69 Å². The van der Waals surface area contributed by atoms with Gasteiger partial charge in [-0.2, -0.15) is 5.10 Å². The van der Waals surface area contributed by atoms with Gasteiger partial charge < -0.3 is 10.6 Å². The quantitative estimate of drug-likeness (QED) is 0.918. The number of rotatable bonds is 4. The molecule has 0 fully saturated rings. The first-order valence-corrected chi connectivity index (χ1v) is 6.05. The standard InChI is InChI=1S/C13H15ClN4/c1-18(9-10-2-4-11(14)5-3-10)13-7-6-12(8-15)16-17-13/h2-7H,8-9,15H2,1H3. The van der Waals surface area contributed by atoms with E-state index in [1.165, 1.54) is 5.56 Å². The van der Waals surface area contributed by atoms with Crippen LogP contribution in [0, 0.1) is 0 Å². The van der Waals surface area contributed by atoms with Gasteiger partial charge in [-0.05, 0) is 29.8 Å². The molecule has 4 nitrogen and oxygen atoms in total. The molecule has 0 saturated heterocycles. The fourth-order valence-electron chi connectivity index (χ4n) is 1.61. The molecule has 1 heterocycles. The molecule has 0 aliphatic heterocycles. The van der Waals surface area contributed by atoms with Gasteiger partial charge in [0.15, 0.2) is 5.82 Å². The third-order valence-electron chi connectivity index (χ3n) is 2.64. The minimum atomic E-state index is 0.411. The third-order valence-corrected chi connectivity index (χ3v) is 2.89. The van der Waals surface area contributed by atoms with Crippen LogP contribution in [0.3, 0.4) is 0 Å². The molecule has 0 saturated carbocycles. The average Bonchev–Trinajstić information content (AvgIpc) is 2.41. The Bertz CT molecular complexity index is 495.